The van der Waals surface area contributed by atoms with E-state index in [1.807, 2.05) is 6.92 Å². The minimum Gasteiger partial charge on any atom is -0.726 e. The highest BCUT2D eigenvalue weighted by Crippen LogP contribution is 2.80. The van der Waals surface area contributed by atoms with Crippen molar-refractivity contribution < 1.29 is 76.2 Å². The van der Waals surface area contributed by atoms with Crippen LogP contribution in [0.1, 0.15) is 93.4 Å². The van der Waals surface area contributed by atoms with Gasteiger partial charge in [0.2, 0.25) is 10.4 Å². The van der Waals surface area contributed by atoms with Crippen molar-refractivity contribution in [2.45, 2.75) is 166 Å². The molecule has 332 valence electrons. The van der Waals surface area contributed by atoms with Crippen LogP contribution in [-0.4, -0.2) is 143 Å². The highest BCUT2D eigenvalue weighted by molar-refractivity contribution is 7.80. The van der Waals surface area contributed by atoms with Gasteiger partial charge in [-0.15, -0.1) is 0 Å². The van der Waals surface area contributed by atoms with Gasteiger partial charge in [-0.2, -0.15) is 0 Å². The normalized spacial score (nSPS) is 54.8. The smallest absolute Gasteiger partial charge is 0.217 e. The van der Waals surface area contributed by atoms with Crippen LogP contribution in [0.3, 0.4) is 0 Å². The van der Waals surface area contributed by atoms with Crippen molar-refractivity contribution in [3.05, 3.63) is 11.6 Å². The molecule has 2 bridgehead atoms. The van der Waals surface area contributed by atoms with Gasteiger partial charge in [0, 0.05) is 23.7 Å². The molecule has 6 N–H and O–H groups in total. The molecule has 0 unspecified atom stereocenters. The third-order valence-electron chi connectivity index (χ3n) is 17.1. The Labute approximate surface area is 341 Å². The molecule has 8 fully saturated rings. The van der Waals surface area contributed by atoms with Gasteiger partial charge in [0.05, 0.1) is 38.1 Å². The van der Waals surface area contributed by atoms with Gasteiger partial charge in [0.1, 0.15) is 42.7 Å². The first-order chi connectivity index (χ1) is 26.9. The maximum absolute atomic E-state index is 12.3. The summed E-state index contributed by atoms with van der Waals surface area (Å²) in [6, 6.07) is 0. The summed E-state index contributed by atoms with van der Waals surface area (Å²) in [6.45, 7) is 15.4. The maximum atomic E-state index is 12.3. The van der Waals surface area contributed by atoms with Crippen molar-refractivity contribution in [3.8, 4) is 0 Å². The van der Waals surface area contributed by atoms with Crippen molar-refractivity contribution in [2.24, 2.45) is 51.2 Å². The number of aliphatic hydroxyl groups is 6. The minimum atomic E-state index is -5.17. The van der Waals surface area contributed by atoms with Gasteiger partial charge in [-0.3, -0.25) is 4.18 Å². The fraction of sp³-hybridized carbons (Fsp3) is 0.951. The minimum absolute atomic E-state index is 0.0347. The van der Waals surface area contributed by atoms with Crippen molar-refractivity contribution in [1.82, 2.24) is 0 Å². The maximum Gasteiger partial charge on any atom is 0.217 e. The third-order valence-corrected chi connectivity index (χ3v) is 17.5. The summed E-state index contributed by atoms with van der Waals surface area (Å²) in [5, 5.41) is 66.2. The molecule has 4 saturated heterocycles. The summed E-state index contributed by atoms with van der Waals surface area (Å²) in [6.07, 6.45) is -6.40. The summed E-state index contributed by atoms with van der Waals surface area (Å²) >= 11 is 0. The second-order valence-electron chi connectivity index (χ2n) is 20.6. The number of ether oxygens (including phenoxy) is 6. The average Bonchev–Trinajstić information content (AvgIpc) is 3.66. The standard InChI is InChI=1S/C41H66O16S/c1-20(2)14-21-15-52-41-18-40(19-53-41)22(33(41)39(21,7)47)8-9-26-37(5)12-11-27(36(3,4)25(37)10-13-38(26,40)6)56-34-31(46)32(23(42)16-51-34)57-35-30(45)29(44)28(43)24(55-35)17-54-58(48,49)50/h14,21-35,42-47H,8-13,15-19H2,1-7H3,(H,48,49,50)/p-1/t21-,22-,23+,24-,25+,26-,27+,28-,29+,30-,31-,32+,33+,34+,35+,37+,38-,39+,40+,41-/m1/s1. The van der Waals surface area contributed by atoms with Gasteiger partial charge < -0.3 is 63.6 Å². The van der Waals surface area contributed by atoms with Crippen LogP contribution in [0.2, 0.25) is 0 Å². The van der Waals surface area contributed by atoms with Crippen molar-refractivity contribution in [3.63, 3.8) is 0 Å². The quantitative estimate of drug-likeness (QED) is 0.0878. The zero-order valence-corrected chi connectivity index (χ0v) is 35.5. The number of allylic oxidation sites excluding steroid dienone is 1. The zero-order valence-electron chi connectivity index (χ0n) is 34.7. The fourth-order valence-electron chi connectivity index (χ4n) is 14.4. The lowest BCUT2D eigenvalue weighted by Crippen LogP contribution is -2.68. The molecule has 0 radical (unpaired) electrons. The van der Waals surface area contributed by atoms with Crippen LogP contribution in [0, 0.1) is 51.2 Å². The Hall–Kier alpha value is -0.870. The average molecular weight is 846 g/mol. The largest absolute Gasteiger partial charge is 0.726 e. The predicted octanol–water partition coefficient (Wildman–Crippen LogP) is 1.48. The second kappa shape index (κ2) is 14.6. The number of hydrogen-bond acceptors (Lipinski definition) is 16. The highest BCUT2D eigenvalue weighted by Gasteiger charge is 2.81. The van der Waals surface area contributed by atoms with Crippen LogP contribution in [-0.2, 0) is 43.0 Å². The molecule has 0 aromatic heterocycles. The van der Waals surface area contributed by atoms with Crippen molar-refractivity contribution in [2.75, 3.05) is 26.4 Å². The van der Waals surface area contributed by atoms with E-state index in [0.29, 0.717) is 25.6 Å². The second-order valence-corrected chi connectivity index (χ2v) is 21.7. The monoisotopic (exact) mass is 845 g/mol. The summed E-state index contributed by atoms with van der Waals surface area (Å²) in [5.74, 6) is -0.0230. The number of hydrogen-bond donors (Lipinski definition) is 6. The Balaban J connectivity index is 0.973. The lowest BCUT2D eigenvalue weighted by atomic mass is 9.35. The van der Waals surface area contributed by atoms with E-state index in [1.54, 1.807) is 0 Å². The molecule has 2 spiro atoms. The first-order valence-electron chi connectivity index (χ1n) is 21.2. The third kappa shape index (κ3) is 6.54. The van der Waals surface area contributed by atoms with E-state index in [1.165, 1.54) is 5.57 Å². The molecule has 58 heavy (non-hydrogen) atoms. The molecule has 0 aromatic carbocycles. The molecule has 4 saturated carbocycles. The van der Waals surface area contributed by atoms with Crippen molar-refractivity contribution in [1.29, 1.82) is 0 Å². The Bertz CT molecular complexity index is 1700. The lowest BCUT2D eigenvalue weighted by molar-refractivity contribution is -0.357. The lowest BCUT2D eigenvalue weighted by Gasteiger charge is -2.70. The molecule has 4 heterocycles. The molecule has 4 aliphatic heterocycles. The summed E-state index contributed by atoms with van der Waals surface area (Å²) < 4.78 is 74.5. The van der Waals surface area contributed by atoms with E-state index in [-0.39, 0.29) is 58.0 Å². The van der Waals surface area contributed by atoms with E-state index in [2.05, 4.69) is 51.8 Å². The first-order valence-corrected chi connectivity index (χ1v) is 22.5. The summed E-state index contributed by atoms with van der Waals surface area (Å²) in [7, 11) is -5.17. The topological polar surface area (TPSA) is 243 Å². The van der Waals surface area contributed by atoms with Crippen LogP contribution >= 0.6 is 0 Å². The Morgan fingerprint density at radius 2 is 1.57 bits per heavy atom. The van der Waals surface area contributed by atoms with E-state index in [0.717, 1.165) is 38.5 Å². The van der Waals surface area contributed by atoms with E-state index < -0.39 is 83.7 Å². The van der Waals surface area contributed by atoms with Gasteiger partial charge in [-0.1, -0.05) is 39.3 Å². The van der Waals surface area contributed by atoms with E-state index in [4.69, 9.17) is 28.4 Å². The van der Waals surface area contributed by atoms with E-state index in [9.17, 15) is 43.6 Å². The number of fused-ring (bicyclic) bond motifs is 4. The van der Waals surface area contributed by atoms with Crippen LogP contribution in [0.5, 0.6) is 0 Å². The fourth-order valence-corrected chi connectivity index (χ4v) is 14.7. The molecule has 8 aliphatic rings. The van der Waals surface area contributed by atoms with E-state index >= 15 is 0 Å². The molecule has 8 rings (SSSR count). The molecule has 16 nitrogen and oxygen atoms in total. The Morgan fingerprint density at radius 3 is 2.26 bits per heavy atom. The van der Waals surface area contributed by atoms with Crippen molar-refractivity contribution >= 4 is 10.4 Å². The molecular weight excluding hydrogens is 781 g/mol. The Morgan fingerprint density at radius 1 is 0.845 bits per heavy atom. The van der Waals surface area contributed by atoms with Gasteiger partial charge >= 0.3 is 0 Å². The Kier molecular flexibility index (Phi) is 11.0. The number of rotatable bonds is 8. The molecule has 20 atom stereocenters. The first kappa shape index (κ1) is 43.8. The van der Waals surface area contributed by atoms with Gasteiger partial charge in [-0.05, 0) is 93.3 Å². The molecule has 0 amide bonds. The van der Waals surface area contributed by atoms with Crippen LogP contribution in [0.4, 0.5) is 0 Å². The molecular formula is C41H65O16S-. The molecule has 4 aliphatic carbocycles. The van der Waals surface area contributed by atoms with Crippen LogP contribution in [0.25, 0.3) is 0 Å². The SMILES string of the molecule is CC(C)=C[C@@H]1CO[C@]23C[C@]4(CO2)[C@H](CC[C@@H]2[C@@]5(C)CC[C@H](O[C@@H]6OC[C@H](O)[C@H](O[C@@H]7O[C@H](COS(=O)(=O)[O-])[C@@H](O)[C@H](O)[C@H]7O)[C@H]6O)C(C)(C)[C@@H]5CC[C@]24C)[C@H]3[C@@]1(C)O. The van der Waals surface area contributed by atoms with Crippen LogP contribution < -0.4 is 0 Å². The predicted molar refractivity (Wildman–Crippen MR) is 201 cm³/mol. The van der Waals surface area contributed by atoms with Crippen LogP contribution in [0.15, 0.2) is 11.6 Å². The van der Waals surface area contributed by atoms with Gasteiger partial charge in [-0.25, -0.2) is 8.42 Å². The van der Waals surface area contributed by atoms with Gasteiger partial charge in [0.15, 0.2) is 18.4 Å². The zero-order chi connectivity index (χ0) is 42.2. The molecule has 0 aromatic rings. The van der Waals surface area contributed by atoms with Gasteiger partial charge in [0.25, 0.3) is 0 Å². The highest BCUT2D eigenvalue weighted by atomic mass is 32.3. The summed E-state index contributed by atoms with van der Waals surface area (Å²) in [5.41, 5.74) is -0.338. The molecule has 17 heteroatoms. The number of aliphatic hydroxyl groups excluding tert-OH is 5. The summed E-state index contributed by atoms with van der Waals surface area (Å²) in [4.78, 5) is 0.